The number of aromatic amines is 1. The van der Waals surface area contributed by atoms with Gasteiger partial charge in [-0.25, -0.2) is 19.6 Å². The molecule has 0 saturated carbocycles. The number of aryl methyl sites for hydroxylation is 1. The number of allylic oxidation sites excluding steroid dienone is 1. The molecule has 1 aromatic heterocycles. The van der Waals surface area contributed by atoms with Crippen molar-refractivity contribution in [2.75, 3.05) is 18.8 Å². The van der Waals surface area contributed by atoms with Crippen molar-refractivity contribution in [2.24, 2.45) is 11.6 Å². The van der Waals surface area contributed by atoms with E-state index in [4.69, 9.17) is 17.3 Å². The predicted octanol–water partition coefficient (Wildman–Crippen LogP) is 1.78. The number of halogens is 2. The third-order valence-corrected chi connectivity index (χ3v) is 4.17. The van der Waals surface area contributed by atoms with Crippen LogP contribution in [0.3, 0.4) is 0 Å². The van der Waals surface area contributed by atoms with Gasteiger partial charge >= 0.3 is 0 Å². The maximum absolute atomic E-state index is 13.1. The molecular formula is C19H27F2N7O. The first kappa shape index (κ1) is 22.2. The summed E-state index contributed by atoms with van der Waals surface area (Å²) in [7, 11) is 0. The van der Waals surface area contributed by atoms with Crippen molar-refractivity contribution < 1.29 is 13.6 Å². The Labute approximate surface area is 168 Å². The largest absolute Gasteiger partial charge is 0.401 e. The number of nitrogen functional groups attached to an aromatic ring is 1. The molecule has 0 saturated heterocycles. The lowest BCUT2D eigenvalue weighted by Gasteiger charge is -2.15. The summed E-state index contributed by atoms with van der Waals surface area (Å²) in [5.74, 6) is 4.08. The SMILES string of the molecule is N/C(=C\N(N)CCNC(=O)c1cc(F)cc(F)c1)CCCCCc1cnc(N)[nH]1. The van der Waals surface area contributed by atoms with Gasteiger partial charge in [-0.2, -0.15) is 0 Å². The molecule has 0 spiro atoms. The Morgan fingerprint density at radius 3 is 2.59 bits per heavy atom. The standard InChI is InChI=1S/C19H27F2N7O/c20-14-8-13(9-15(21)10-14)18(29)25-6-7-28(24)12-16(22)4-2-1-3-5-17-11-26-19(23)27-17/h8-12H,1-7,22,24H2,(H,25,29)(H3,23,26,27)/b16-12-. The number of amides is 1. The molecule has 0 fully saturated rings. The molecule has 0 unspecified atom stereocenters. The van der Waals surface area contributed by atoms with E-state index in [1.54, 1.807) is 12.4 Å². The van der Waals surface area contributed by atoms with Crippen LogP contribution in [0.15, 0.2) is 36.3 Å². The molecule has 0 aliphatic heterocycles. The lowest BCUT2D eigenvalue weighted by Crippen LogP contribution is -2.36. The summed E-state index contributed by atoms with van der Waals surface area (Å²) in [6.07, 6.45) is 7.84. The molecule has 2 aromatic rings. The number of unbranched alkanes of at least 4 members (excludes halogenated alkanes) is 2. The Morgan fingerprint density at radius 1 is 1.21 bits per heavy atom. The predicted molar refractivity (Wildman–Crippen MR) is 107 cm³/mol. The number of hydrogen-bond acceptors (Lipinski definition) is 6. The Bertz CT molecular complexity index is 817. The molecule has 29 heavy (non-hydrogen) atoms. The molecule has 0 aliphatic rings. The number of aromatic nitrogens is 2. The van der Waals surface area contributed by atoms with Crippen LogP contribution < -0.4 is 22.6 Å². The number of H-pyrrole nitrogens is 1. The van der Waals surface area contributed by atoms with Gasteiger partial charge in [0.15, 0.2) is 5.95 Å². The molecule has 0 atom stereocenters. The van der Waals surface area contributed by atoms with Crippen LogP contribution >= 0.6 is 0 Å². The molecule has 0 bridgehead atoms. The van der Waals surface area contributed by atoms with Gasteiger partial charge < -0.3 is 26.8 Å². The van der Waals surface area contributed by atoms with E-state index in [9.17, 15) is 13.6 Å². The van der Waals surface area contributed by atoms with Gasteiger partial charge in [0.1, 0.15) is 11.6 Å². The van der Waals surface area contributed by atoms with E-state index in [0.29, 0.717) is 30.7 Å². The third-order valence-electron chi connectivity index (χ3n) is 4.17. The van der Waals surface area contributed by atoms with Crippen LogP contribution in [0.5, 0.6) is 0 Å². The first-order chi connectivity index (χ1) is 13.8. The number of imidazole rings is 1. The van der Waals surface area contributed by atoms with Crippen molar-refractivity contribution in [1.82, 2.24) is 20.3 Å². The zero-order valence-corrected chi connectivity index (χ0v) is 16.1. The van der Waals surface area contributed by atoms with Crippen LogP contribution in [0, 0.1) is 11.6 Å². The number of hydrazine groups is 1. The van der Waals surface area contributed by atoms with Gasteiger partial charge in [0.05, 0.1) is 12.7 Å². The Morgan fingerprint density at radius 2 is 1.93 bits per heavy atom. The summed E-state index contributed by atoms with van der Waals surface area (Å²) in [6.45, 7) is 0.496. The van der Waals surface area contributed by atoms with Crippen molar-refractivity contribution in [3.8, 4) is 0 Å². The van der Waals surface area contributed by atoms with Crippen molar-refractivity contribution in [1.29, 1.82) is 0 Å². The third kappa shape index (κ3) is 8.18. The van der Waals surface area contributed by atoms with Crippen LogP contribution in [0.2, 0.25) is 0 Å². The van der Waals surface area contributed by atoms with E-state index < -0.39 is 17.5 Å². The van der Waals surface area contributed by atoms with Gasteiger partial charge in [0.25, 0.3) is 5.91 Å². The highest BCUT2D eigenvalue weighted by atomic mass is 19.1. The fourth-order valence-corrected chi connectivity index (χ4v) is 2.75. The van der Waals surface area contributed by atoms with Crippen molar-refractivity contribution >= 4 is 11.9 Å². The number of nitrogens with zero attached hydrogens (tertiary/aromatic N) is 2. The van der Waals surface area contributed by atoms with Crippen molar-refractivity contribution in [3.63, 3.8) is 0 Å². The summed E-state index contributed by atoms with van der Waals surface area (Å²) < 4.78 is 26.3. The summed E-state index contributed by atoms with van der Waals surface area (Å²) in [5, 5.41) is 3.92. The van der Waals surface area contributed by atoms with Crippen LogP contribution in [0.1, 0.15) is 41.7 Å². The van der Waals surface area contributed by atoms with E-state index in [2.05, 4.69) is 15.3 Å². The second-order valence-corrected chi connectivity index (χ2v) is 6.71. The molecule has 0 aliphatic carbocycles. The minimum atomic E-state index is -0.806. The van der Waals surface area contributed by atoms with E-state index in [1.165, 1.54) is 5.01 Å². The average Bonchev–Trinajstić information content (AvgIpc) is 3.05. The smallest absolute Gasteiger partial charge is 0.251 e. The van der Waals surface area contributed by atoms with Crippen LogP contribution in [-0.2, 0) is 6.42 Å². The maximum Gasteiger partial charge on any atom is 0.251 e. The number of nitrogens with two attached hydrogens (primary N) is 3. The number of benzene rings is 1. The molecule has 1 heterocycles. The molecule has 8 nitrogen and oxygen atoms in total. The number of rotatable bonds is 11. The maximum atomic E-state index is 13.1. The number of carbonyl (C=O) groups is 1. The van der Waals surface area contributed by atoms with Gasteiger partial charge in [-0.15, -0.1) is 0 Å². The van der Waals surface area contributed by atoms with Gasteiger partial charge in [-0.05, 0) is 37.8 Å². The minimum absolute atomic E-state index is 0.0843. The number of hydrogen-bond donors (Lipinski definition) is 5. The zero-order valence-electron chi connectivity index (χ0n) is 16.1. The van der Waals surface area contributed by atoms with Crippen LogP contribution in [-0.4, -0.2) is 34.0 Å². The molecule has 10 heteroatoms. The van der Waals surface area contributed by atoms with E-state index >= 15 is 0 Å². The topological polar surface area (TPSA) is 139 Å². The highest BCUT2D eigenvalue weighted by molar-refractivity contribution is 5.94. The summed E-state index contributed by atoms with van der Waals surface area (Å²) in [4.78, 5) is 18.8. The minimum Gasteiger partial charge on any atom is -0.401 e. The Hall–Kier alpha value is -3.14. The fraction of sp³-hybridized carbons (Fsp3) is 0.368. The molecule has 158 valence electrons. The van der Waals surface area contributed by atoms with Gasteiger partial charge in [0.2, 0.25) is 0 Å². The first-order valence-electron chi connectivity index (χ1n) is 9.34. The molecular weight excluding hydrogens is 380 g/mol. The highest BCUT2D eigenvalue weighted by Crippen LogP contribution is 2.10. The highest BCUT2D eigenvalue weighted by Gasteiger charge is 2.09. The second kappa shape index (κ2) is 11.0. The summed E-state index contributed by atoms with van der Waals surface area (Å²) in [5.41, 5.74) is 13.1. The van der Waals surface area contributed by atoms with Crippen molar-refractivity contribution in [2.45, 2.75) is 32.1 Å². The quantitative estimate of drug-likeness (QED) is 0.219. The van der Waals surface area contributed by atoms with Gasteiger partial charge in [-0.1, -0.05) is 6.42 Å². The first-order valence-corrected chi connectivity index (χ1v) is 9.34. The second-order valence-electron chi connectivity index (χ2n) is 6.71. The lowest BCUT2D eigenvalue weighted by atomic mass is 10.1. The lowest BCUT2D eigenvalue weighted by molar-refractivity contribution is 0.0950. The number of carbonyl (C=O) groups excluding carboxylic acids is 1. The van der Waals surface area contributed by atoms with Crippen molar-refractivity contribution in [3.05, 3.63) is 59.2 Å². The van der Waals surface area contributed by atoms with Gasteiger partial charge in [0, 0.05) is 35.8 Å². The summed E-state index contributed by atoms with van der Waals surface area (Å²) >= 11 is 0. The number of nitrogens with one attached hydrogen (secondary N) is 2. The monoisotopic (exact) mass is 407 g/mol. The van der Waals surface area contributed by atoms with E-state index in [0.717, 1.165) is 43.5 Å². The van der Waals surface area contributed by atoms with Crippen LogP contribution in [0.4, 0.5) is 14.7 Å². The van der Waals surface area contributed by atoms with E-state index in [1.807, 2.05) is 0 Å². The Balaban J connectivity index is 1.62. The van der Waals surface area contributed by atoms with Crippen LogP contribution in [0.25, 0.3) is 0 Å². The molecule has 0 radical (unpaired) electrons. The summed E-state index contributed by atoms with van der Waals surface area (Å²) in [6, 6.07) is 2.65. The van der Waals surface area contributed by atoms with E-state index in [-0.39, 0.29) is 12.1 Å². The average molecular weight is 407 g/mol. The fourth-order valence-electron chi connectivity index (χ4n) is 2.75. The van der Waals surface area contributed by atoms with Gasteiger partial charge in [-0.3, -0.25) is 4.79 Å². The normalized spacial score (nSPS) is 11.5. The number of anilines is 1. The molecule has 1 aromatic carbocycles. The molecule has 2 rings (SSSR count). The Kier molecular flexibility index (Phi) is 8.41. The molecule has 8 N–H and O–H groups in total. The zero-order chi connectivity index (χ0) is 21.2. The molecule has 1 amide bonds.